The van der Waals surface area contributed by atoms with E-state index in [9.17, 15) is 9.90 Å². The van der Waals surface area contributed by atoms with Crippen LogP contribution in [0.5, 0.6) is 0 Å². The van der Waals surface area contributed by atoms with Gasteiger partial charge in [0.05, 0.1) is 0 Å². The summed E-state index contributed by atoms with van der Waals surface area (Å²) in [4.78, 5) is 11.2. The Bertz CT molecular complexity index is 186. The lowest BCUT2D eigenvalue weighted by Gasteiger charge is -2.17. The smallest absolute Gasteiger partial charge is 0.266 e. The summed E-state index contributed by atoms with van der Waals surface area (Å²) in [5, 5.41) is 9.40. The standard InChI is InChI=1S/C9H18N2O2/c1-3-7(4-2)10-11-8(12)9(13)5-6-9/h7,10,13H,3-6H2,1-2H3,(H,11,12). The number of hydrogen-bond acceptors (Lipinski definition) is 3. The molecule has 0 radical (unpaired) electrons. The second-order valence-electron chi connectivity index (χ2n) is 3.64. The number of amides is 1. The monoisotopic (exact) mass is 186 g/mol. The Hall–Kier alpha value is -0.610. The summed E-state index contributed by atoms with van der Waals surface area (Å²) >= 11 is 0. The molecule has 3 N–H and O–H groups in total. The molecule has 1 amide bonds. The zero-order valence-corrected chi connectivity index (χ0v) is 8.26. The second kappa shape index (κ2) is 4.07. The summed E-state index contributed by atoms with van der Waals surface area (Å²) in [6.45, 7) is 4.11. The van der Waals surface area contributed by atoms with Gasteiger partial charge in [0.2, 0.25) is 0 Å². The molecule has 0 saturated heterocycles. The Balaban J connectivity index is 2.21. The molecule has 4 heteroatoms. The average Bonchev–Trinajstić information content (AvgIpc) is 2.86. The molecule has 0 aromatic heterocycles. The van der Waals surface area contributed by atoms with Crippen LogP contribution in [0.25, 0.3) is 0 Å². The van der Waals surface area contributed by atoms with Crippen molar-refractivity contribution >= 4 is 5.91 Å². The van der Waals surface area contributed by atoms with Gasteiger partial charge in [-0.3, -0.25) is 10.2 Å². The molecule has 0 heterocycles. The van der Waals surface area contributed by atoms with E-state index < -0.39 is 5.60 Å². The molecule has 0 spiro atoms. The van der Waals surface area contributed by atoms with Crippen molar-refractivity contribution in [1.29, 1.82) is 0 Å². The molecule has 1 aliphatic rings. The molecule has 0 bridgehead atoms. The Morgan fingerprint density at radius 3 is 2.38 bits per heavy atom. The van der Waals surface area contributed by atoms with E-state index in [4.69, 9.17) is 0 Å². The Kier molecular flexibility index (Phi) is 3.27. The molecule has 1 aliphatic carbocycles. The second-order valence-corrected chi connectivity index (χ2v) is 3.64. The van der Waals surface area contributed by atoms with E-state index >= 15 is 0 Å². The first-order chi connectivity index (χ1) is 6.12. The van der Waals surface area contributed by atoms with Gasteiger partial charge in [0.1, 0.15) is 5.60 Å². The Labute approximate surface area is 78.7 Å². The molecule has 0 aliphatic heterocycles. The van der Waals surface area contributed by atoms with Crippen LogP contribution in [0.4, 0.5) is 0 Å². The van der Waals surface area contributed by atoms with Crippen LogP contribution >= 0.6 is 0 Å². The zero-order valence-electron chi connectivity index (χ0n) is 8.26. The van der Waals surface area contributed by atoms with Crippen molar-refractivity contribution in [2.45, 2.75) is 51.2 Å². The molecule has 76 valence electrons. The average molecular weight is 186 g/mol. The van der Waals surface area contributed by atoms with Crippen molar-refractivity contribution in [3.63, 3.8) is 0 Å². The van der Waals surface area contributed by atoms with Gasteiger partial charge in [0, 0.05) is 6.04 Å². The minimum atomic E-state index is -1.07. The molecular formula is C9H18N2O2. The third-order valence-electron chi connectivity index (χ3n) is 2.52. The normalized spacial score (nSPS) is 18.8. The molecule has 0 aromatic rings. The van der Waals surface area contributed by atoms with Crippen LogP contribution in [-0.2, 0) is 4.79 Å². The fourth-order valence-corrected chi connectivity index (χ4v) is 1.12. The predicted octanol–water partition coefficient (Wildman–Crippen LogP) is 0.321. The van der Waals surface area contributed by atoms with Gasteiger partial charge >= 0.3 is 0 Å². The van der Waals surface area contributed by atoms with Crippen molar-refractivity contribution in [3.8, 4) is 0 Å². The van der Waals surface area contributed by atoms with Gasteiger partial charge in [0.25, 0.3) is 5.91 Å². The number of hydrogen-bond donors (Lipinski definition) is 3. The topological polar surface area (TPSA) is 61.4 Å². The van der Waals surface area contributed by atoms with E-state index in [0.29, 0.717) is 18.9 Å². The van der Waals surface area contributed by atoms with Gasteiger partial charge in [-0.05, 0) is 25.7 Å². The van der Waals surface area contributed by atoms with E-state index in [1.165, 1.54) is 0 Å². The lowest BCUT2D eigenvalue weighted by Crippen LogP contribution is -2.48. The highest BCUT2D eigenvalue weighted by Crippen LogP contribution is 2.34. The fraction of sp³-hybridized carbons (Fsp3) is 0.889. The van der Waals surface area contributed by atoms with Crippen LogP contribution in [-0.4, -0.2) is 22.7 Å². The molecule has 1 fully saturated rings. The number of hydrazine groups is 1. The van der Waals surface area contributed by atoms with Crippen molar-refractivity contribution < 1.29 is 9.90 Å². The van der Waals surface area contributed by atoms with Crippen LogP contribution in [0, 0.1) is 0 Å². The van der Waals surface area contributed by atoms with E-state index in [-0.39, 0.29) is 5.91 Å². The molecule has 4 nitrogen and oxygen atoms in total. The van der Waals surface area contributed by atoms with E-state index in [0.717, 1.165) is 12.8 Å². The van der Waals surface area contributed by atoms with Crippen molar-refractivity contribution in [3.05, 3.63) is 0 Å². The minimum absolute atomic E-state index is 0.292. The first kappa shape index (κ1) is 10.5. The third-order valence-corrected chi connectivity index (χ3v) is 2.52. The highest BCUT2D eigenvalue weighted by Gasteiger charge is 2.48. The predicted molar refractivity (Wildman–Crippen MR) is 49.8 cm³/mol. The number of carbonyl (C=O) groups is 1. The number of nitrogens with one attached hydrogen (secondary N) is 2. The Morgan fingerprint density at radius 1 is 1.46 bits per heavy atom. The maximum Gasteiger partial charge on any atom is 0.266 e. The van der Waals surface area contributed by atoms with Gasteiger partial charge in [-0.15, -0.1) is 0 Å². The highest BCUT2D eigenvalue weighted by molar-refractivity contribution is 5.87. The lowest BCUT2D eigenvalue weighted by molar-refractivity contribution is -0.132. The van der Waals surface area contributed by atoms with Crippen LogP contribution in [0.2, 0.25) is 0 Å². The van der Waals surface area contributed by atoms with Gasteiger partial charge in [-0.25, -0.2) is 5.43 Å². The van der Waals surface area contributed by atoms with Crippen LogP contribution in [0.1, 0.15) is 39.5 Å². The van der Waals surface area contributed by atoms with Crippen LogP contribution in [0.3, 0.4) is 0 Å². The summed E-state index contributed by atoms with van der Waals surface area (Å²) < 4.78 is 0. The van der Waals surface area contributed by atoms with E-state index in [2.05, 4.69) is 24.7 Å². The molecule has 0 unspecified atom stereocenters. The van der Waals surface area contributed by atoms with Crippen molar-refractivity contribution in [2.24, 2.45) is 0 Å². The van der Waals surface area contributed by atoms with Gasteiger partial charge in [-0.1, -0.05) is 13.8 Å². The van der Waals surface area contributed by atoms with E-state index in [1.54, 1.807) is 0 Å². The van der Waals surface area contributed by atoms with E-state index in [1.807, 2.05) is 0 Å². The zero-order chi connectivity index (χ0) is 9.90. The third kappa shape index (κ3) is 2.67. The maximum atomic E-state index is 11.2. The minimum Gasteiger partial charge on any atom is -0.380 e. The summed E-state index contributed by atoms with van der Waals surface area (Å²) in [5.41, 5.74) is 4.38. The first-order valence-electron chi connectivity index (χ1n) is 4.90. The largest absolute Gasteiger partial charge is 0.380 e. The highest BCUT2D eigenvalue weighted by atomic mass is 16.3. The lowest BCUT2D eigenvalue weighted by atomic mass is 10.2. The molecule has 1 rings (SSSR count). The quantitative estimate of drug-likeness (QED) is 0.542. The number of carbonyl (C=O) groups excluding carboxylic acids is 1. The van der Waals surface area contributed by atoms with Gasteiger partial charge in [-0.2, -0.15) is 0 Å². The van der Waals surface area contributed by atoms with Crippen molar-refractivity contribution in [1.82, 2.24) is 10.9 Å². The summed E-state index contributed by atoms with van der Waals surface area (Å²) in [5.74, 6) is -0.292. The Morgan fingerprint density at radius 2 is 2.00 bits per heavy atom. The van der Waals surface area contributed by atoms with Crippen LogP contribution < -0.4 is 10.9 Å². The van der Waals surface area contributed by atoms with Crippen LogP contribution in [0.15, 0.2) is 0 Å². The number of aliphatic hydroxyl groups is 1. The molecule has 1 saturated carbocycles. The molecule has 0 aromatic carbocycles. The first-order valence-corrected chi connectivity index (χ1v) is 4.90. The SMILES string of the molecule is CCC(CC)NNC(=O)C1(O)CC1. The molecular weight excluding hydrogens is 168 g/mol. The summed E-state index contributed by atoms with van der Waals surface area (Å²) in [7, 11) is 0. The summed E-state index contributed by atoms with van der Waals surface area (Å²) in [6, 6.07) is 0.298. The van der Waals surface area contributed by atoms with Crippen molar-refractivity contribution in [2.75, 3.05) is 0 Å². The summed E-state index contributed by atoms with van der Waals surface area (Å²) in [6.07, 6.45) is 3.11. The molecule has 0 atom stereocenters. The van der Waals surface area contributed by atoms with Gasteiger partial charge < -0.3 is 5.11 Å². The maximum absolute atomic E-state index is 11.2. The molecule has 13 heavy (non-hydrogen) atoms. The van der Waals surface area contributed by atoms with Gasteiger partial charge in [0.15, 0.2) is 0 Å². The fourth-order valence-electron chi connectivity index (χ4n) is 1.12. The number of rotatable bonds is 5.